The summed E-state index contributed by atoms with van der Waals surface area (Å²) in [6.07, 6.45) is 2.46. The van der Waals surface area contributed by atoms with E-state index in [0.717, 1.165) is 30.4 Å². The SMILES string of the molecule is COC(=O)[C@]1(C)CCC[C@]2(C)c3cc(Cl)c(C(C)C)c(Cl)c3C(=O)NCC12. The third-order valence-electron chi connectivity index (χ3n) is 6.72. The van der Waals surface area contributed by atoms with E-state index < -0.39 is 10.8 Å². The van der Waals surface area contributed by atoms with E-state index in [9.17, 15) is 9.59 Å². The van der Waals surface area contributed by atoms with Crippen molar-refractivity contribution in [2.24, 2.45) is 11.3 Å². The number of carbonyl (C=O) groups is 2. The number of esters is 1. The maximum absolute atomic E-state index is 13.0. The molecule has 3 atom stereocenters. The molecule has 0 bridgehead atoms. The van der Waals surface area contributed by atoms with Crippen molar-refractivity contribution in [3.05, 3.63) is 32.8 Å². The van der Waals surface area contributed by atoms with Gasteiger partial charge in [0.2, 0.25) is 0 Å². The van der Waals surface area contributed by atoms with E-state index in [4.69, 9.17) is 27.9 Å². The van der Waals surface area contributed by atoms with Crippen LogP contribution in [0.3, 0.4) is 0 Å². The van der Waals surface area contributed by atoms with Crippen LogP contribution in [-0.4, -0.2) is 25.5 Å². The molecule has 2 aliphatic rings. The second-order valence-corrected chi connectivity index (χ2v) is 9.39. The Morgan fingerprint density at radius 3 is 2.56 bits per heavy atom. The molecule has 1 aromatic carbocycles. The summed E-state index contributed by atoms with van der Waals surface area (Å²) in [5.74, 6) is -0.432. The summed E-state index contributed by atoms with van der Waals surface area (Å²) in [5.41, 5.74) is 1.06. The van der Waals surface area contributed by atoms with Crippen LogP contribution in [0, 0.1) is 11.3 Å². The summed E-state index contributed by atoms with van der Waals surface area (Å²) in [6, 6.07) is 1.90. The molecule has 1 fully saturated rings. The predicted molar refractivity (Wildman–Crippen MR) is 108 cm³/mol. The summed E-state index contributed by atoms with van der Waals surface area (Å²) in [4.78, 5) is 25.7. The lowest BCUT2D eigenvalue weighted by Gasteiger charge is -2.50. The number of hydrogen-bond acceptors (Lipinski definition) is 3. The number of hydrogen-bond donors (Lipinski definition) is 1. The molecule has 0 saturated heterocycles. The first kappa shape index (κ1) is 20.5. The third-order valence-corrected chi connectivity index (χ3v) is 7.43. The summed E-state index contributed by atoms with van der Waals surface area (Å²) in [7, 11) is 1.42. The number of fused-ring (bicyclic) bond motifs is 3. The summed E-state index contributed by atoms with van der Waals surface area (Å²) in [5, 5.41) is 4.02. The monoisotopic (exact) mass is 411 g/mol. The topological polar surface area (TPSA) is 55.4 Å². The number of halogens is 2. The van der Waals surface area contributed by atoms with Gasteiger partial charge in [-0.15, -0.1) is 0 Å². The zero-order chi connectivity index (χ0) is 20.1. The molecule has 1 heterocycles. The second kappa shape index (κ2) is 6.97. The number of amides is 1. The van der Waals surface area contributed by atoms with Gasteiger partial charge in [-0.3, -0.25) is 9.59 Å². The third kappa shape index (κ3) is 2.96. The maximum atomic E-state index is 13.0. The standard InChI is InChI=1S/C21H27Cl2NO3/c1-11(2)15-13(22)9-12-16(17(15)23)18(25)24-10-14-20(12,3)7-6-8-21(14,4)19(26)27-5/h9,11,14H,6-8,10H2,1-5H3,(H,24,25)/t14?,20-,21-/m1/s1. The van der Waals surface area contributed by atoms with Crippen LogP contribution >= 0.6 is 23.2 Å². The van der Waals surface area contributed by atoms with Gasteiger partial charge in [0.25, 0.3) is 5.91 Å². The van der Waals surface area contributed by atoms with Gasteiger partial charge in [0.15, 0.2) is 0 Å². The van der Waals surface area contributed by atoms with Gasteiger partial charge in [0, 0.05) is 17.5 Å². The van der Waals surface area contributed by atoms with E-state index in [1.807, 2.05) is 26.8 Å². The Hall–Kier alpha value is -1.26. The molecule has 0 spiro atoms. The Morgan fingerprint density at radius 2 is 1.96 bits per heavy atom. The summed E-state index contributed by atoms with van der Waals surface area (Å²) >= 11 is 13.3. The van der Waals surface area contributed by atoms with Gasteiger partial charge in [-0.05, 0) is 48.3 Å². The fourth-order valence-corrected chi connectivity index (χ4v) is 6.22. The fourth-order valence-electron chi connectivity index (χ4n) is 5.24. The maximum Gasteiger partial charge on any atom is 0.311 e. The molecule has 1 aliphatic heterocycles. The Morgan fingerprint density at radius 1 is 1.30 bits per heavy atom. The number of nitrogens with one attached hydrogen (secondary N) is 1. The summed E-state index contributed by atoms with van der Waals surface area (Å²) < 4.78 is 5.14. The quantitative estimate of drug-likeness (QED) is 0.688. The highest BCUT2D eigenvalue weighted by molar-refractivity contribution is 6.38. The van der Waals surface area contributed by atoms with Gasteiger partial charge in [-0.25, -0.2) is 0 Å². The van der Waals surface area contributed by atoms with Crippen LogP contribution in [0.1, 0.15) is 74.4 Å². The van der Waals surface area contributed by atoms with Crippen LogP contribution in [-0.2, 0) is 14.9 Å². The normalized spacial score (nSPS) is 30.2. The lowest BCUT2D eigenvalue weighted by atomic mass is 9.53. The molecule has 4 nitrogen and oxygen atoms in total. The van der Waals surface area contributed by atoms with E-state index in [0.29, 0.717) is 22.2 Å². The molecule has 1 N–H and O–H groups in total. The first-order chi connectivity index (χ1) is 12.6. The van der Waals surface area contributed by atoms with Gasteiger partial charge in [0.05, 0.1) is 23.1 Å². The van der Waals surface area contributed by atoms with Crippen LogP contribution in [0.2, 0.25) is 10.0 Å². The Labute approximate surface area is 170 Å². The zero-order valence-electron chi connectivity index (χ0n) is 16.5. The average Bonchev–Trinajstić information content (AvgIpc) is 2.69. The number of methoxy groups -OCH3 is 1. The highest BCUT2D eigenvalue weighted by Gasteiger charge is 2.56. The van der Waals surface area contributed by atoms with Crippen molar-refractivity contribution in [2.45, 2.75) is 58.3 Å². The van der Waals surface area contributed by atoms with Crippen molar-refractivity contribution < 1.29 is 14.3 Å². The second-order valence-electron chi connectivity index (χ2n) is 8.61. The molecule has 27 heavy (non-hydrogen) atoms. The van der Waals surface area contributed by atoms with E-state index >= 15 is 0 Å². The van der Waals surface area contributed by atoms with E-state index in [-0.39, 0.29) is 23.7 Å². The number of rotatable bonds is 2. The molecule has 1 aliphatic carbocycles. The molecule has 0 radical (unpaired) electrons. The number of benzene rings is 1. The van der Waals surface area contributed by atoms with Gasteiger partial charge >= 0.3 is 5.97 Å². The Balaban J connectivity index is 2.28. The Bertz CT molecular complexity index is 807. The number of ether oxygens (including phenoxy) is 1. The molecule has 1 amide bonds. The average molecular weight is 412 g/mol. The van der Waals surface area contributed by atoms with Crippen molar-refractivity contribution >= 4 is 35.1 Å². The summed E-state index contributed by atoms with van der Waals surface area (Å²) in [6.45, 7) is 8.49. The molecule has 6 heteroatoms. The van der Waals surface area contributed by atoms with Crippen LogP contribution < -0.4 is 5.32 Å². The number of carbonyl (C=O) groups excluding carboxylic acids is 2. The minimum atomic E-state index is -0.674. The van der Waals surface area contributed by atoms with E-state index in [1.165, 1.54) is 7.11 Å². The van der Waals surface area contributed by atoms with E-state index in [1.54, 1.807) is 0 Å². The van der Waals surface area contributed by atoms with Crippen LogP contribution in [0.4, 0.5) is 0 Å². The van der Waals surface area contributed by atoms with E-state index in [2.05, 4.69) is 12.2 Å². The molecule has 0 aromatic heterocycles. The van der Waals surface area contributed by atoms with Gasteiger partial charge in [-0.1, -0.05) is 50.4 Å². The van der Waals surface area contributed by atoms with Gasteiger partial charge < -0.3 is 10.1 Å². The van der Waals surface area contributed by atoms with Crippen LogP contribution in [0.15, 0.2) is 6.07 Å². The zero-order valence-corrected chi connectivity index (χ0v) is 18.1. The highest BCUT2D eigenvalue weighted by atomic mass is 35.5. The molecular formula is C21H27Cl2NO3. The first-order valence-corrected chi connectivity index (χ1v) is 10.2. The van der Waals surface area contributed by atoms with Crippen LogP contribution in [0.5, 0.6) is 0 Å². The molecule has 148 valence electrons. The lowest BCUT2D eigenvalue weighted by Crippen LogP contribution is -2.53. The van der Waals surface area contributed by atoms with Crippen molar-refractivity contribution in [2.75, 3.05) is 13.7 Å². The molecule has 1 aromatic rings. The van der Waals surface area contributed by atoms with Crippen LogP contribution in [0.25, 0.3) is 0 Å². The fraction of sp³-hybridized carbons (Fsp3) is 0.619. The minimum absolute atomic E-state index is 0.0987. The highest BCUT2D eigenvalue weighted by Crippen LogP contribution is 2.55. The molecule has 3 rings (SSSR count). The first-order valence-electron chi connectivity index (χ1n) is 9.47. The Kier molecular flexibility index (Phi) is 5.28. The van der Waals surface area contributed by atoms with Crippen molar-refractivity contribution in [1.82, 2.24) is 5.32 Å². The molecule has 1 saturated carbocycles. The smallest absolute Gasteiger partial charge is 0.311 e. The largest absolute Gasteiger partial charge is 0.469 e. The molecular weight excluding hydrogens is 385 g/mol. The van der Waals surface area contributed by atoms with Crippen molar-refractivity contribution in [3.8, 4) is 0 Å². The predicted octanol–water partition coefficient (Wildman–Crippen LogP) is 5.10. The minimum Gasteiger partial charge on any atom is -0.469 e. The van der Waals surface area contributed by atoms with Gasteiger partial charge in [-0.2, -0.15) is 0 Å². The van der Waals surface area contributed by atoms with Crippen molar-refractivity contribution in [1.29, 1.82) is 0 Å². The lowest BCUT2D eigenvalue weighted by molar-refractivity contribution is -0.160. The van der Waals surface area contributed by atoms with Crippen molar-refractivity contribution in [3.63, 3.8) is 0 Å². The molecule has 1 unspecified atom stereocenters. The van der Waals surface area contributed by atoms with Gasteiger partial charge in [0.1, 0.15) is 0 Å².